The van der Waals surface area contributed by atoms with Crippen molar-refractivity contribution in [2.24, 2.45) is 34.5 Å². The Labute approximate surface area is 360 Å². The minimum absolute atomic E-state index is 0.0302. The van der Waals surface area contributed by atoms with Gasteiger partial charge < -0.3 is 63.1 Å². The van der Waals surface area contributed by atoms with Crippen molar-refractivity contribution in [2.75, 3.05) is 26.9 Å². The van der Waals surface area contributed by atoms with Crippen molar-refractivity contribution in [1.29, 1.82) is 0 Å². The number of rotatable bonds is 10. The smallest absolute Gasteiger partial charge is 0.338 e. The SMILES string of the molecule is COc1ccc(C(=O)O[C@H]2[C@H](O[C@@H]3[C@@H](OC(C)=O)[C@H](O[C@H]4CC[C@@]5(C)[C@H](CC[C@@H]6[C@@H]5C[C@@H](OC(C)=O)[C@]5(C)[C@H](C7=CC(=O)OC7)CC[C@@]65O)C4)OC[C@@H]3O)OC[C@@H](O)[C@@H]2O)cc1. The molecule has 0 radical (unpaired) electrons. The second-order valence-electron chi connectivity index (χ2n) is 18.8. The van der Waals surface area contributed by atoms with Crippen LogP contribution in [0.4, 0.5) is 0 Å². The van der Waals surface area contributed by atoms with Gasteiger partial charge in [0.15, 0.2) is 24.8 Å². The predicted octanol–water partition coefficient (Wildman–Crippen LogP) is 2.52. The molecule has 0 unspecified atom stereocenters. The van der Waals surface area contributed by atoms with Gasteiger partial charge in [0.05, 0.1) is 37.6 Å². The van der Waals surface area contributed by atoms with Crippen molar-refractivity contribution in [2.45, 2.75) is 146 Å². The number of cyclic esters (lactones) is 1. The van der Waals surface area contributed by atoms with E-state index in [1.807, 2.05) is 6.92 Å². The Morgan fingerprint density at radius 1 is 0.774 bits per heavy atom. The molecule has 342 valence electrons. The van der Waals surface area contributed by atoms with E-state index < -0.39 is 90.2 Å². The number of methoxy groups -OCH3 is 1. The van der Waals surface area contributed by atoms with Crippen molar-refractivity contribution in [1.82, 2.24) is 0 Å². The Balaban J connectivity index is 0.975. The normalized spacial score (nSPS) is 43.8. The van der Waals surface area contributed by atoms with Gasteiger partial charge in [-0.25, -0.2) is 9.59 Å². The molecule has 8 rings (SSSR count). The summed E-state index contributed by atoms with van der Waals surface area (Å²) in [5.74, 6) is -1.88. The summed E-state index contributed by atoms with van der Waals surface area (Å²) in [6.45, 7) is 6.42. The van der Waals surface area contributed by atoms with Crippen LogP contribution in [0.1, 0.15) is 89.4 Å². The van der Waals surface area contributed by atoms with Gasteiger partial charge in [0.2, 0.25) is 0 Å². The van der Waals surface area contributed by atoms with Gasteiger partial charge >= 0.3 is 23.9 Å². The number of carbonyl (C=O) groups is 4. The zero-order chi connectivity index (χ0) is 44.3. The third-order valence-corrected chi connectivity index (χ3v) is 15.6. The lowest BCUT2D eigenvalue weighted by Crippen LogP contribution is -2.67. The molecule has 17 atom stereocenters. The lowest BCUT2D eigenvalue weighted by atomic mass is 9.42. The summed E-state index contributed by atoms with van der Waals surface area (Å²) in [6.07, 6.45) is -5.40. The van der Waals surface area contributed by atoms with Crippen LogP contribution in [-0.4, -0.2) is 138 Å². The highest BCUT2D eigenvalue weighted by molar-refractivity contribution is 5.89. The first kappa shape index (κ1) is 44.9. The van der Waals surface area contributed by atoms with Crippen LogP contribution in [0.25, 0.3) is 0 Å². The summed E-state index contributed by atoms with van der Waals surface area (Å²) in [4.78, 5) is 50.6. The summed E-state index contributed by atoms with van der Waals surface area (Å²) < 4.78 is 52.5. The van der Waals surface area contributed by atoms with Gasteiger partial charge in [-0.2, -0.15) is 0 Å². The zero-order valence-corrected chi connectivity index (χ0v) is 35.8. The Hall–Kier alpha value is -3.68. The highest BCUT2D eigenvalue weighted by Crippen LogP contribution is 2.70. The molecular formula is C45H60O17. The molecular weight excluding hydrogens is 812 g/mol. The first-order valence-electron chi connectivity index (χ1n) is 21.8. The van der Waals surface area contributed by atoms with Crippen molar-refractivity contribution in [3.8, 4) is 5.75 Å². The van der Waals surface area contributed by atoms with Crippen LogP contribution in [0.15, 0.2) is 35.9 Å². The summed E-state index contributed by atoms with van der Waals surface area (Å²) in [5, 5.41) is 45.6. The molecule has 17 heteroatoms. The van der Waals surface area contributed by atoms with Crippen LogP contribution in [0.3, 0.4) is 0 Å². The van der Waals surface area contributed by atoms with Crippen LogP contribution < -0.4 is 4.74 Å². The molecule has 2 saturated heterocycles. The number of ether oxygens (including phenoxy) is 9. The zero-order valence-electron chi connectivity index (χ0n) is 35.8. The molecule has 3 heterocycles. The van der Waals surface area contributed by atoms with Crippen molar-refractivity contribution >= 4 is 23.9 Å². The molecule has 4 aliphatic carbocycles. The highest BCUT2D eigenvalue weighted by atomic mass is 16.7. The first-order chi connectivity index (χ1) is 29.5. The van der Waals surface area contributed by atoms with E-state index >= 15 is 0 Å². The van der Waals surface area contributed by atoms with E-state index in [-0.39, 0.29) is 60.6 Å². The topological polar surface area (TPSA) is 232 Å². The number of hydrogen-bond donors (Lipinski definition) is 4. The second-order valence-corrected chi connectivity index (χ2v) is 18.8. The fraction of sp³-hybridized carbons (Fsp3) is 0.733. The number of aliphatic hydroxyl groups excluding tert-OH is 3. The van der Waals surface area contributed by atoms with Crippen molar-refractivity contribution in [3.05, 3.63) is 41.5 Å². The largest absolute Gasteiger partial charge is 0.497 e. The molecule has 3 aliphatic heterocycles. The van der Waals surface area contributed by atoms with Crippen molar-refractivity contribution < 1.29 is 82.2 Å². The molecule has 4 N–H and O–H groups in total. The molecule has 6 fully saturated rings. The van der Waals surface area contributed by atoms with E-state index in [1.165, 1.54) is 39.2 Å². The van der Waals surface area contributed by atoms with Crippen LogP contribution in [0, 0.1) is 34.5 Å². The number of esters is 4. The van der Waals surface area contributed by atoms with E-state index in [2.05, 4.69) is 6.92 Å². The summed E-state index contributed by atoms with van der Waals surface area (Å²) in [5.41, 5.74) is -1.22. The first-order valence-corrected chi connectivity index (χ1v) is 21.8. The van der Waals surface area contributed by atoms with Gasteiger partial charge in [0.1, 0.15) is 42.9 Å². The summed E-state index contributed by atoms with van der Waals surface area (Å²) >= 11 is 0. The number of carbonyl (C=O) groups excluding carboxylic acids is 4. The van der Waals surface area contributed by atoms with E-state index in [9.17, 15) is 39.6 Å². The molecule has 0 bridgehead atoms. The molecule has 1 aromatic rings. The third kappa shape index (κ3) is 7.94. The van der Waals surface area contributed by atoms with Crippen LogP contribution in [-0.2, 0) is 52.3 Å². The predicted molar refractivity (Wildman–Crippen MR) is 212 cm³/mol. The van der Waals surface area contributed by atoms with E-state index in [0.717, 1.165) is 24.8 Å². The van der Waals surface area contributed by atoms with Gasteiger partial charge in [-0.1, -0.05) is 13.8 Å². The van der Waals surface area contributed by atoms with Gasteiger partial charge in [-0.05, 0) is 110 Å². The summed E-state index contributed by atoms with van der Waals surface area (Å²) in [6, 6.07) is 6.06. The van der Waals surface area contributed by atoms with Gasteiger partial charge in [0.25, 0.3) is 0 Å². The molecule has 0 amide bonds. The maximum absolute atomic E-state index is 13.2. The Bertz CT molecular complexity index is 1890. The van der Waals surface area contributed by atoms with Gasteiger partial charge in [0, 0.05) is 25.3 Å². The summed E-state index contributed by atoms with van der Waals surface area (Å²) in [7, 11) is 1.48. The Morgan fingerprint density at radius 2 is 1.47 bits per heavy atom. The molecule has 0 spiro atoms. The number of aliphatic hydroxyl groups is 4. The average molecular weight is 873 g/mol. The lowest BCUT2D eigenvalue weighted by molar-refractivity contribution is -0.341. The Kier molecular flexibility index (Phi) is 12.6. The van der Waals surface area contributed by atoms with E-state index in [1.54, 1.807) is 12.1 Å². The van der Waals surface area contributed by atoms with E-state index in [0.29, 0.717) is 37.9 Å². The molecule has 4 saturated carbocycles. The fourth-order valence-corrected chi connectivity index (χ4v) is 12.4. The minimum atomic E-state index is -1.62. The number of hydrogen-bond acceptors (Lipinski definition) is 17. The minimum Gasteiger partial charge on any atom is -0.497 e. The highest BCUT2D eigenvalue weighted by Gasteiger charge is 2.72. The molecule has 17 nitrogen and oxygen atoms in total. The maximum atomic E-state index is 13.2. The molecule has 0 aromatic heterocycles. The number of benzene rings is 1. The molecule has 7 aliphatic rings. The van der Waals surface area contributed by atoms with Crippen LogP contribution >= 0.6 is 0 Å². The van der Waals surface area contributed by atoms with Crippen molar-refractivity contribution in [3.63, 3.8) is 0 Å². The van der Waals surface area contributed by atoms with Crippen LogP contribution in [0.5, 0.6) is 5.75 Å². The monoisotopic (exact) mass is 872 g/mol. The lowest BCUT2D eigenvalue weighted by Gasteiger charge is -2.65. The van der Waals surface area contributed by atoms with Crippen LogP contribution in [0.2, 0.25) is 0 Å². The van der Waals surface area contributed by atoms with Gasteiger partial charge in [-0.3, -0.25) is 9.59 Å². The number of fused-ring (bicyclic) bond motifs is 5. The molecule has 1 aromatic carbocycles. The fourth-order valence-electron chi connectivity index (χ4n) is 12.4. The quantitative estimate of drug-likeness (QED) is 0.150. The van der Waals surface area contributed by atoms with E-state index in [4.69, 9.17) is 42.6 Å². The Morgan fingerprint density at radius 3 is 2.13 bits per heavy atom. The maximum Gasteiger partial charge on any atom is 0.338 e. The third-order valence-electron chi connectivity index (χ3n) is 15.6. The average Bonchev–Trinajstić information content (AvgIpc) is 3.79. The standard InChI is InChI=1S/C45H60O17/c1-22(46)58-34-18-31-30(45(53)15-13-29(44(34,45)4)25-16-35(50)55-19-25)11-8-26-17-28(12-14-43(26,31)3)60-42-39(59-23(2)47)37(33(49)21-57-42)62-41-38(36(51)32(48)20-56-41)61-40(52)24-6-9-27(54-5)10-7-24/h6-7,9-10,16,26,28-34,36-39,41-42,48-49,51,53H,8,11-15,17-21H2,1-5H3/t26-,28+,29+,30-,31+,32-,33+,34-,36+,37+,38-,39-,41+,42+,43+,44+,45-/m1/s1. The van der Waals surface area contributed by atoms with Gasteiger partial charge in [-0.15, -0.1) is 0 Å². The molecule has 62 heavy (non-hydrogen) atoms. The second kappa shape index (κ2) is 17.4.